The van der Waals surface area contributed by atoms with E-state index in [0.717, 1.165) is 4.57 Å². The fraction of sp³-hybridized carbons (Fsp3) is 0.267. The largest absolute Gasteiger partial charge is 0.325 e. The molecule has 0 atom stereocenters. The van der Waals surface area contributed by atoms with E-state index in [9.17, 15) is 13.6 Å². The van der Waals surface area contributed by atoms with Gasteiger partial charge in [0, 0.05) is 18.1 Å². The van der Waals surface area contributed by atoms with Crippen molar-refractivity contribution in [3.8, 4) is 6.07 Å². The Morgan fingerprint density at radius 3 is 3.00 bits per heavy atom. The van der Waals surface area contributed by atoms with Crippen LogP contribution >= 0.6 is 0 Å². The van der Waals surface area contributed by atoms with Crippen molar-refractivity contribution in [1.29, 1.82) is 5.26 Å². The second-order valence-electron chi connectivity index (χ2n) is 4.94. The van der Waals surface area contributed by atoms with E-state index in [-0.39, 0.29) is 24.8 Å². The maximum atomic E-state index is 12.7. The molecular weight excluding hydrogens is 304 g/mol. The second kappa shape index (κ2) is 7.47. The number of carbonyl (C=O) groups is 1. The van der Waals surface area contributed by atoms with Crippen LogP contribution in [0.4, 0.5) is 14.5 Å². The summed E-state index contributed by atoms with van der Waals surface area (Å²) < 4.78 is 26.2. The number of aromatic nitrogens is 2. The Morgan fingerprint density at radius 1 is 1.52 bits per heavy atom. The van der Waals surface area contributed by atoms with Crippen molar-refractivity contribution in [2.75, 3.05) is 18.9 Å². The van der Waals surface area contributed by atoms with Crippen LogP contribution in [0, 0.1) is 11.3 Å². The molecule has 8 heteroatoms. The van der Waals surface area contributed by atoms with Gasteiger partial charge in [-0.1, -0.05) is 6.07 Å². The minimum Gasteiger partial charge on any atom is -0.325 e. The van der Waals surface area contributed by atoms with E-state index in [0.29, 0.717) is 11.3 Å². The molecule has 0 spiro atoms. The Morgan fingerprint density at radius 2 is 2.30 bits per heavy atom. The highest BCUT2D eigenvalue weighted by Gasteiger charge is 2.14. The minimum absolute atomic E-state index is 0.00682. The van der Waals surface area contributed by atoms with Crippen LogP contribution in [0.5, 0.6) is 0 Å². The summed E-state index contributed by atoms with van der Waals surface area (Å²) in [4.78, 5) is 17.4. The number of nitrogens with zero attached hydrogens (tertiary/aromatic N) is 4. The zero-order chi connectivity index (χ0) is 16.8. The summed E-state index contributed by atoms with van der Waals surface area (Å²) in [6, 6.07) is 8.50. The normalized spacial score (nSPS) is 10.8. The third kappa shape index (κ3) is 4.59. The molecular formula is C15H15F2N5O. The number of hydrogen-bond donors (Lipinski definition) is 1. The fourth-order valence-electron chi connectivity index (χ4n) is 2.05. The molecule has 0 fully saturated rings. The number of halogens is 2. The van der Waals surface area contributed by atoms with E-state index in [1.54, 1.807) is 36.2 Å². The first-order valence-corrected chi connectivity index (χ1v) is 6.78. The van der Waals surface area contributed by atoms with Gasteiger partial charge in [-0.15, -0.1) is 0 Å². The molecule has 1 aromatic heterocycles. The van der Waals surface area contributed by atoms with Crippen molar-refractivity contribution in [3.63, 3.8) is 0 Å². The summed E-state index contributed by atoms with van der Waals surface area (Å²) in [6.45, 7) is -2.54. The molecule has 0 aliphatic heterocycles. The standard InChI is InChI=1S/C15H15F2N5O/c1-21(9-13-19-5-6-22(13)15(16)17)10-14(23)20-12-4-2-3-11(7-12)8-18/h2-7,15H,9-10H2,1H3,(H,20,23). The van der Waals surface area contributed by atoms with Gasteiger partial charge in [0.25, 0.3) is 0 Å². The Kier molecular flexibility index (Phi) is 5.38. The van der Waals surface area contributed by atoms with Gasteiger partial charge in [-0.3, -0.25) is 14.3 Å². The van der Waals surface area contributed by atoms with Crippen molar-refractivity contribution >= 4 is 11.6 Å². The van der Waals surface area contributed by atoms with Gasteiger partial charge in [0.15, 0.2) is 0 Å². The minimum atomic E-state index is -2.66. The average molecular weight is 319 g/mol. The Balaban J connectivity index is 1.92. The summed E-state index contributed by atoms with van der Waals surface area (Å²) in [6.07, 6.45) is 2.49. The van der Waals surface area contributed by atoms with Crippen LogP contribution in [0.25, 0.3) is 0 Å². The van der Waals surface area contributed by atoms with E-state index in [4.69, 9.17) is 5.26 Å². The third-order valence-electron chi connectivity index (χ3n) is 3.06. The van der Waals surface area contributed by atoms with Gasteiger partial charge in [0.2, 0.25) is 5.91 Å². The summed E-state index contributed by atoms with van der Waals surface area (Å²) in [5.41, 5.74) is 0.951. The number of anilines is 1. The number of nitrogens with one attached hydrogen (secondary N) is 1. The Hall–Kier alpha value is -2.79. The molecule has 0 saturated carbocycles. The van der Waals surface area contributed by atoms with Crippen molar-refractivity contribution in [1.82, 2.24) is 14.5 Å². The molecule has 1 heterocycles. The van der Waals surface area contributed by atoms with Crippen molar-refractivity contribution in [2.24, 2.45) is 0 Å². The average Bonchev–Trinajstić information content (AvgIpc) is 2.95. The number of hydrogen-bond acceptors (Lipinski definition) is 4. The third-order valence-corrected chi connectivity index (χ3v) is 3.06. The van der Waals surface area contributed by atoms with Crippen LogP contribution in [0.1, 0.15) is 17.9 Å². The lowest BCUT2D eigenvalue weighted by atomic mass is 10.2. The number of carbonyl (C=O) groups excluding carboxylic acids is 1. The molecule has 2 rings (SSSR count). The molecule has 0 aliphatic carbocycles. The molecule has 0 aliphatic rings. The monoisotopic (exact) mass is 319 g/mol. The van der Waals surface area contributed by atoms with Crippen LogP contribution in [-0.2, 0) is 11.3 Å². The Labute approximate surface area is 132 Å². The van der Waals surface area contributed by atoms with Crippen molar-refractivity contribution < 1.29 is 13.6 Å². The van der Waals surface area contributed by atoms with Crippen LogP contribution < -0.4 is 5.32 Å². The lowest BCUT2D eigenvalue weighted by Gasteiger charge is -2.16. The first-order chi connectivity index (χ1) is 11.0. The van der Waals surface area contributed by atoms with Gasteiger partial charge >= 0.3 is 6.55 Å². The smallest absolute Gasteiger partial charge is 0.319 e. The summed E-state index contributed by atoms with van der Waals surface area (Å²) in [5.74, 6) is -0.125. The van der Waals surface area contributed by atoms with E-state index >= 15 is 0 Å². The van der Waals surface area contributed by atoms with E-state index in [1.165, 1.54) is 12.4 Å². The van der Waals surface area contributed by atoms with Gasteiger partial charge in [-0.25, -0.2) is 4.98 Å². The molecule has 23 heavy (non-hydrogen) atoms. The van der Waals surface area contributed by atoms with Crippen LogP contribution in [0.2, 0.25) is 0 Å². The van der Waals surface area contributed by atoms with E-state index in [2.05, 4.69) is 10.3 Å². The number of alkyl halides is 2. The van der Waals surface area contributed by atoms with E-state index < -0.39 is 6.55 Å². The lowest BCUT2D eigenvalue weighted by Crippen LogP contribution is -2.30. The van der Waals surface area contributed by atoms with Gasteiger partial charge in [0.05, 0.1) is 24.7 Å². The SMILES string of the molecule is CN(CC(=O)Nc1cccc(C#N)c1)Cc1nccn1C(F)F. The summed E-state index contributed by atoms with van der Waals surface area (Å²) in [5, 5.41) is 11.5. The zero-order valence-electron chi connectivity index (χ0n) is 12.4. The van der Waals surface area contributed by atoms with Gasteiger partial charge in [-0.2, -0.15) is 14.0 Å². The molecule has 1 amide bonds. The van der Waals surface area contributed by atoms with Crippen molar-refractivity contribution in [2.45, 2.75) is 13.1 Å². The van der Waals surface area contributed by atoms with Gasteiger partial charge in [0.1, 0.15) is 5.82 Å². The maximum Gasteiger partial charge on any atom is 0.319 e. The lowest BCUT2D eigenvalue weighted by molar-refractivity contribution is -0.117. The van der Waals surface area contributed by atoms with E-state index in [1.807, 2.05) is 6.07 Å². The quantitative estimate of drug-likeness (QED) is 0.886. The number of amides is 1. The molecule has 6 nitrogen and oxygen atoms in total. The number of rotatable bonds is 6. The summed E-state index contributed by atoms with van der Waals surface area (Å²) >= 11 is 0. The van der Waals surface area contributed by atoms with Crippen LogP contribution in [0.15, 0.2) is 36.7 Å². The Bertz CT molecular complexity index is 723. The molecule has 1 aromatic carbocycles. The molecule has 0 unspecified atom stereocenters. The predicted octanol–water partition coefficient (Wildman–Crippen LogP) is 2.22. The number of benzene rings is 1. The van der Waals surface area contributed by atoms with Gasteiger partial charge < -0.3 is 5.32 Å². The first-order valence-electron chi connectivity index (χ1n) is 6.78. The molecule has 0 saturated heterocycles. The highest BCUT2D eigenvalue weighted by molar-refractivity contribution is 5.92. The second-order valence-corrected chi connectivity index (χ2v) is 4.94. The van der Waals surface area contributed by atoms with Crippen molar-refractivity contribution in [3.05, 3.63) is 48.0 Å². The molecule has 2 aromatic rings. The first kappa shape index (κ1) is 16.6. The highest BCUT2D eigenvalue weighted by Crippen LogP contribution is 2.14. The summed E-state index contributed by atoms with van der Waals surface area (Å²) in [7, 11) is 1.63. The molecule has 0 radical (unpaired) electrons. The predicted molar refractivity (Wildman–Crippen MR) is 79.6 cm³/mol. The van der Waals surface area contributed by atoms with Gasteiger partial charge in [-0.05, 0) is 25.2 Å². The van der Waals surface area contributed by atoms with Crippen LogP contribution in [0.3, 0.4) is 0 Å². The zero-order valence-corrected chi connectivity index (χ0v) is 12.4. The topological polar surface area (TPSA) is 74.0 Å². The maximum absolute atomic E-state index is 12.7. The number of imidazole rings is 1. The fourth-order valence-corrected chi connectivity index (χ4v) is 2.05. The molecule has 1 N–H and O–H groups in total. The molecule has 0 bridgehead atoms. The molecule has 120 valence electrons. The number of nitriles is 1. The number of likely N-dealkylation sites (N-methyl/N-ethyl adjacent to an activating group) is 1. The highest BCUT2D eigenvalue weighted by atomic mass is 19.3. The van der Waals surface area contributed by atoms with Crippen LogP contribution in [-0.4, -0.2) is 34.0 Å².